The normalized spacial score (nSPS) is 11.5. The van der Waals surface area contributed by atoms with Gasteiger partial charge in [-0.05, 0) is 13.0 Å². The van der Waals surface area contributed by atoms with Crippen LogP contribution >= 0.6 is 11.6 Å². The highest BCUT2D eigenvalue weighted by Crippen LogP contribution is 2.21. The molecule has 0 aliphatic heterocycles. The van der Waals surface area contributed by atoms with Gasteiger partial charge in [0.1, 0.15) is 16.6 Å². The van der Waals surface area contributed by atoms with Gasteiger partial charge in [-0.2, -0.15) is 0 Å². The second-order valence-corrected chi connectivity index (χ2v) is 3.52. The van der Waals surface area contributed by atoms with E-state index in [0.717, 1.165) is 0 Å². The number of alkyl halides is 2. The Kier molecular flexibility index (Phi) is 2.56. The summed E-state index contributed by atoms with van der Waals surface area (Å²) in [4.78, 5) is 8.03. The Morgan fingerprint density at radius 3 is 2.87 bits per heavy atom. The molecule has 0 radical (unpaired) electrons. The lowest BCUT2D eigenvalue weighted by Gasteiger charge is -2.04. The lowest BCUT2D eigenvalue weighted by molar-refractivity contribution is 0.128. The van der Waals surface area contributed by atoms with Crippen LogP contribution < -0.4 is 0 Å². The van der Waals surface area contributed by atoms with Gasteiger partial charge in [-0.25, -0.2) is 18.7 Å². The quantitative estimate of drug-likeness (QED) is 0.744. The Bertz CT molecular complexity index is 495. The van der Waals surface area contributed by atoms with Crippen LogP contribution in [0.2, 0.25) is 5.15 Å². The number of hydrogen-bond donors (Lipinski definition) is 0. The fourth-order valence-electron chi connectivity index (χ4n) is 1.43. The van der Waals surface area contributed by atoms with E-state index in [2.05, 4.69) is 9.97 Å². The Balaban J connectivity index is 2.58. The third kappa shape index (κ3) is 1.92. The largest absolute Gasteiger partial charge is 0.327 e. The van der Waals surface area contributed by atoms with Gasteiger partial charge in [0.05, 0.1) is 11.9 Å². The van der Waals surface area contributed by atoms with Crippen molar-refractivity contribution < 1.29 is 8.78 Å². The van der Waals surface area contributed by atoms with Crippen molar-refractivity contribution in [1.82, 2.24) is 14.5 Å². The molecule has 0 unspecified atom stereocenters. The van der Waals surface area contributed by atoms with Crippen LogP contribution in [-0.2, 0) is 6.54 Å². The summed E-state index contributed by atoms with van der Waals surface area (Å²) in [6.07, 6.45) is -0.869. The first-order valence-corrected chi connectivity index (χ1v) is 4.73. The fraction of sp³-hybridized carbons (Fsp3) is 0.333. The second kappa shape index (κ2) is 3.73. The van der Waals surface area contributed by atoms with Crippen molar-refractivity contribution in [3.8, 4) is 0 Å². The van der Waals surface area contributed by atoms with Crippen LogP contribution in [0.3, 0.4) is 0 Å². The summed E-state index contributed by atoms with van der Waals surface area (Å²) in [7, 11) is 0. The Morgan fingerprint density at radius 2 is 2.20 bits per heavy atom. The maximum atomic E-state index is 12.2. The molecule has 0 spiro atoms. The summed E-state index contributed by atoms with van der Waals surface area (Å²) in [6, 6.07) is 1.64. The molecule has 2 rings (SSSR count). The first kappa shape index (κ1) is 10.3. The smallest absolute Gasteiger partial charge is 0.256 e. The molecule has 0 fully saturated rings. The zero-order valence-electron chi connectivity index (χ0n) is 7.91. The van der Waals surface area contributed by atoms with Crippen LogP contribution in [0.15, 0.2) is 12.3 Å². The van der Waals surface area contributed by atoms with Gasteiger partial charge in [0.25, 0.3) is 6.43 Å². The van der Waals surface area contributed by atoms with Gasteiger partial charge < -0.3 is 4.57 Å². The summed E-state index contributed by atoms with van der Waals surface area (Å²) in [6.45, 7) is 1.29. The molecule has 2 aromatic rings. The highest BCUT2D eigenvalue weighted by Gasteiger charge is 2.11. The van der Waals surface area contributed by atoms with Crippen LogP contribution in [0.5, 0.6) is 0 Å². The van der Waals surface area contributed by atoms with E-state index in [9.17, 15) is 8.78 Å². The van der Waals surface area contributed by atoms with Crippen LogP contribution in [0.4, 0.5) is 8.78 Å². The van der Waals surface area contributed by atoms with Crippen molar-refractivity contribution >= 4 is 22.6 Å². The van der Waals surface area contributed by atoms with Crippen molar-refractivity contribution in [1.29, 1.82) is 0 Å². The van der Waals surface area contributed by atoms with E-state index in [0.29, 0.717) is 22.0 Å². The number of halogens is 3. The van der Waals surface area contributed by atoms with E-state index in [1.54, 1.807) is 13.0 Å². The molecule has 0 aliphatic carbocycles. The SMILES string of the molecule is Cc1nc(Cl)c2ccn(CC(F)F)c2n1. The van der Waals surface area contributed by atoms with Crippen LogP contribution in [-0.4, -0.2) is 21.0 Å². The van der Waals surface area contributed by atoms with Crippen LogP contribution in [0.1, 0.15) is 5.82 Å². The molecule has 0 saturated carbocycles. The van der Waals surface area contributed by atoms with Gasteiger partial charge in [0, 0.05) is 6.20 Å². The van der Waals surface area contributed by atoms with Gasteiger partial charge in [-0.15, -0.1) is 0 Å². The molecule has 15 heavy (non-hydrogen) atoms. The Labute approximate surface area is 89.7 Å². The molecule has 2 heterocycles. The first-order valence-electron chi connectivity index (χ1n) is 4.35. The number of nitrogens with zero attached hydrogens (tertiary/aromatic N) is 3. The van der Waals surface area contributed by atoms with Gasteiger partial charge in [-0.3, -0.25) is 0 Å². The molecule has 0 aromatic carbocycles. The summed E-state index contributed by atoms with van der Waals surface area (Å²) in [5, 5.41) is 0.897. The molecule has 0 amide bonds. The summed E-state index contributed by atoms with van der Waals surface area (Å²) in [5.74, 6) is 0.474. The topological polar surface area (TPSA) is 30.7 Å². The summed E-state index contributed by atoms with van der Waals surface area (Å²) < 4.78 is 25.8. The highest BCUT2D eigenvalue weighted by molar-refractivity contribution is 6.33. The molecule has 2 aromatic heterocycles. The van der Waals surface area contributed by atoms with E-state index in [1.165, 1.54) is 10.8 Å². The third-order valence-corrected chi connectivity index (χ3v) is 2.31. The maximum absolute atomic E-state index is 12.2. The minimum atomic E-state index is -2.41. The van der Waals surface area contributed by atoms with Crippen molar-refractivity contribution in [2.75, 3.05) is 0 Å². The monoisotopic (exact) mass is 231 g/mol. The minimum Gasteiger partial charge on any atom is -0.327 e. The number of fused-ring (bicyclic) bond motifs is 1. The molecular formula is C9H8ClF2N3. The molecule has 0 saturated heterocycles. The molecule has 6 heteroatoms. The van der Waals surface area contributed by atoms with Crippen LogP contribution in [0, 0.1) is 6.92 Å². The lowest BCUT2D eigenvalue weighted by Crippen LogP contribution is -2.06. The molecule has 0 bridgehead atoms. The van der Waals surface area contributed by atoms with Gasteiger partial charge >= 0.3 is 0 Å². The molecule has 3 nitrogen and oxygen atoms in total. The average Bonchev–Trinajstić information content (AvgIpc) is 2.48. The fourth-order valence-corrected chi connectivity index (χ4v) is 1.70. The molecular weight excluding hydrogens is 224 g/mol. The Morgan fingerprint density at radius 1 is 1.47 bits per heavy atom. The van der Waals surface area contributed by atoms with Crippen molar-refractivity contribution in [2.24, 2.45) is 0 Å². The first-order chi connectivity index (χ1) is 7.08. The van der Waals surface area contributed by atoms with Crippen molar-refractivity contribution in [3.05, 3.63) is 23.2 Å². The standard InChI is InChI=1S/C9H8ClF2N3/c1-5-13-8(10)6-2-3-15(4-7(11)12)9(6)14-5/h2-3,7H,4H2,1H3. The maximum Gasteiger partial charge on any atom is 0.256 e. The van der Waals surface area contributed by atoms with E-state index in [4.69, 9.17) is 11.6 Å². The van der Waals surface area contributed by atoms with E-state index in [1.807, 2.05) is 0 Å². The molecule has 0 N–H and O–H groups in total. The molecule has 0 atom stereocenters. The van der Waals surface area contributed by atoms with E-state index < -0.39 is 6.43 Å². The van der Waals surface area contributed by atoms with Crippen LogP contribution in [0.25, 0.3) is 11.0 Å². The predicted octanol–water partition coefficient (Wildman–Crippen LogP) is 2.66. The third-order valence-electron chi connectivity index (χ3n) is 2.02. The number of hydrogen-bond acceptors (Lipinski definition) is 2. The van der Waals surface area contributed by atoms with Gasteiger partial charge in [-0.1, -0.05) is 11.6 Å². The highest BCUT2D eigenvalue weighted by atomic mass is 35.5. The van der Waals surface area contributed by atoms with Crippen molar-refractivity contribution in [3.63, 3.8) is 0 Å². The molecule has 0 aliphatic rings. The second-order valence-electron chi connectivity index (χ2n) is 3.16. The molecule has 80 valence electrons. The predicted molar refractivity (Wildman–Crippen MR) is 53.3 cm³/mol. The summed E-state index contributed by atoms with van der Waals surface area (Å²) >= 11 is 5.86. The van der Waals surface area contributed by atoms with E-state index >= 15 is 0 Å². The Hall–Kier alpha value is -1.23. The van der Waals surface area contributed by atoms with Gasteiger partial charge in [0.15, 0.2) is 0 Å². The number of rotatable bonds is 2. The minimum absolute atomic E-state index is 0.297. The average molecular weight is 232 g/mol. The van der Waals surface area contributed by atoms with Gasteiger partial charge in [0.2, 0.25) is 0 Å². The van der Waals surface area contributed by atoms with Crippen molar-refractivity contribution in [2.45, 2.75) is 19.9 Å². The number of aryl methyl sites for hydroxylation is 1. The van der Waals surface area contributed by atoms with E-state index in [-0.39, 0.29) is 6.54 Å². The summed E-state index contributed by atoms with van der Waals surface area (Å²) in [5.41, 5.74) is 0.452. The lowest BCUT2D eigenvalue weighted by atomic mass is 10.4. The zero-order valence-corrected chi connectivity index (χ0v) is 8.67. The number of aromatic nitrogens is 3. The zero-order chi connectivity index (χ0) is 11.0.